The van der Waals surface area contributed by atoms with Crippen LogP contribution in [0.3, 0.4) is 0 Å². The van der Waals surface area contributed by atoms with Gasteiger partial charge in [0.2, 0.25) is 10.0 Å². The van der Waals surface area contributed by atoms with Gasteiger partial charge in [0.25, 0.3) is 5.56 Å². The summed E-state index contributed by atoms with van der Waals surface area (Å²) in [5.74, 6) is -1.19. The van der Waals surface area contributed by atoms with Crippen molar-refractivity contribution >= 4 is 25.8 Å². The number of benzene rings is 1. The third kappa shape index (κ3) is 3.99. The molecule has 0 fully saturated rings. The minimum Gasteiger partial charge on any atom is -0.428 e. The zero-order chi connectivity index (χ0) is 14.8. The molecule has 0 aliphatic rings. The Bertz CT molecular complexity index is 695. The van der Waals surface area contributed by atoms with E-state index in [1.165, 1.54) is 12.1 Å². The summed E-state index contributed by atoms with van der Waals surface area (Å²) in [5.41, 5.74) is 2.87. The van der Waals surface area contributed by atoms with Crippen molar-refractivity contribution in [3.8, 4) is 0 Å². The molecule has 1 atom stereocenters. The van der Waals surface area contributed by atoms with Crippen molar-refractivity contribution < 1.29 is 26.4 Å². The molecule has 0 bridgehead atoms. The molecule has 1 rings (SSSR count). The van der Waals surface area contributed by atoms with E-state index in [0.29, 0.717) is 0 Å². The lowest BCUT2D eigenvalue weighted by molar-refractivity contribution is 0.0448. The number of hydrogen-bond acceptors (Lipinski definition) is 7. The summed E-state index contributed by atoms with van der Waals surface area (Å²) in [4.78, 5) is 11.2. The van der Waals surface area contributed by atoms with Gasteiger partial charge in [-0.05, 0) is 12.1 Å². The van der Waals surface area contributed by atoms with Gasteiger partial charge < -0.3 is 4.74 Å². The van der Waals surface area contributed by atoms with Crippen LogP contribution in [0, 0.1) is 0 Å². The van der Waals surface area contributed by atoms with Crippen molar-refractivity contribution in [3.63, 3.8) is 0 Å². The quantitative estimate of drug-likeness (QED) is 0.523. The Hall–Kier alpha value is -1.49. The monoisotopic (exact) mass is 308 g/mol. The van der Waals surface area contributed by atoms with Crippen LogP contribution < -0.4 is 10.9 Å². The van der Waals surface area contributed by atoms with Gasteiger partial charge in [0.05, 0.1) is 10.5 Å². The van der Waals surface area contributed by atoms with E-state index in [4.69, 9.17) is 10.9 Å². The van der Waals surface area contributed by atoms with Crippen molar-refractivity contribution in [3.05, 3.63) is 29.8 Å². The average Bonchev–Trinajstić information content (AvgIpc) is 2.26. The molecule has 0 radical (unpaired) electrons. The number of carbonyl (C=O) groups is 1. The molecule has 19 heavy (non-hydrogen) atoms. The van der Waals surface area contributed by atoms with Crippen molar-refractivity contribution in [2.24, 2.45) is 10.9 Å². The van der Waals surface area contributed by atoms with Crippen LogP contribution in [0.4, 0.5) is 0 Å². The molecule has 1 unspecified atom stereocenters. The zero-order valence-electron chi connectivity index (χ0n) is 9.81. The van der Waals surface area contributed by atoms with Gasteiger partial charge in [-0.25, -0.2) is 26.8 Å². The number of hydrogen-bond donors (Lipinski definition) is 2. The maximum atomic E-state index is 11.7. The van der Waals surface area contributed by atoms with Crippen LogP contribution in [0.5, 0.6) is 0 Å². The van der Waals surface area contributed by atoms with E-state index in [0.717, 1.165) is 18.4 Å². The minimum atomic E-state index is -4.14. The molecule has 0 saturated heterocycles. The van der Waals surface area contributed by atoms with E-state index in [2.05, 4.69) is 4.74 Å². The van der Waals surface area contributed by atoms with E-state index in [1.54, 1.807) is 0 Å². The fourth-order valence-corrected chi connectivity index (χ4v) is 2.13. The van der Waals surface area contributed by atoms with E-state index in [-0.39, 0.29) is 5.56 Å². The molecule has 8 nitrogen and oxygen atoms in total. The van der Waals surface area contributed by atoms with Gasteiger partial charge in [-0.3, -0.25) is 5.73 Å². The predicted octanol–water partition coefficient (Wildman–Crippen LogP) is -1.22. The van der Waals surface area contributed by atoms with E-state index < -0.39 is 36.3 Å². The van der Waals surface area contributed by atoms with Crippen LogP contribution in [0.1, 0.15) is 10.4 Å². The highest BCUT2D eigenvalue weighted by atomic mass is 32.2. The lowest BCUT2D eigenvalue weighted by atomic mass is 10.2. The van der Waals surface area contributed by atoms with Crippen LogP contribution >= 0.6 is 0 Å². The molecule has 4 N–H and O–H groups in total. The molecule has 0 spiro atoms. The molecule has 0 aliphatic heterocycles. The Balaban J connectivity index is 3.16. The number of rotatable bonds is 4. The average molecular weight is 308 g/mol. The Morgan fingerprint density at radius 1 is 1.21 bits per heavy atom. The normalized spacial score (nSPS) is 13.8. The van der Waals surface area contributed by atoms with Crippen LogP contribution in [-0.4, -0.2) is 34.6 Å². The van der Waals surface area contributed by atoms with E-state index in [1.807, 2.05) is 0 Å². The number of nitrogens with two attached hydrogens (primary N) is 2. The van der Waals surface area contributed by atoms with Crippen LogP contribution in [0.2, 0.25) is 0 Å². The summed E-state index contributed by atoms with van der Waals surface area (Å²) in [6, 6.07) is 4.96. The van der Waals surface area contributed by atoms with Gasteiger partial charge in [-0.15, -0.1) is 0 Å². The highest BCUT2D eigenvalue weighted by molar-refractivity contribution is 7.91. The summed E-state index contributed by atoms with van der Waals surface area (Å²) < 4.78 is 49.1. The first kappa shape index (κ1) is 15.6. The third-order valence-corrected chi connectivity index (χ3v) is 3.97. The second-order valence-electron chi connectivity index (χ2n) is 3.64. The number of primary sulfonamides is 1. The smallest absolute Gasteiger partial charge is 0.341 e. The molecule has 0 aromatic heterocycles. The Morgan fingerprint density at radius 3 is 2.21 bits per heavy atom. The summed E-state index contributed by atoms with van der Waals surface area (Å²) >= 11 is 0. The summed E-state index contributed by atoms with van der Waals surface area (Å²) in [7, 11) is -7.94. The number of carbonyl (C=O) groups excluding carboxylic acids is 1. The van der Waals surface area contributed by atoms with Gasteiger partial charge in [-0.2, -0.15) is 0 Å². The molecule has 10 heteroatoms. The van der Waals surface area contributed by atoms with Crippen LogP contribution in [-0.2, 0) is 24.6 Å². The van der Waals surface area contributed by atoms with Gasteiger partial charge in [0.15, 0.2) is 9.84 Å². The van der Waals surface area contributed by atoms with Gasteiger partial charge in [0.1, 0.15) is 0 Å². The number of ether oxygens (including phenoxy) is 1. The Morgan fingerprint density at radius 2 is 1.74 bits per heavy atom. The maximum Gasteiger partial charge on any atom is 0.341 e. The summed E-state index contributed by atoms with van der Waals surface area (Å²) in [5, 5.41) is 4.93. The summed E-state index contributed by atoms with van der Waals surface area (Å²) in [6.07, 6.45) is 0.774. The first-order valence-corrected chi connectivity index (χ1v) is 8.31. The van der Waals surface area contributed by atoms with Crippen molar-refractivity contribution in [2.75, 3.05) is 6.26 Å². The first-order chi connectivity index (χ1) is 8.53. The second kappa shape index (κ2) is 5.25. The largest absolute Gasteiger partial charge is 0.428 e. The standard InChI is InChI=1S/C9H12N2O6S2/c1-18(13,14)9(10)17-8(12)6-4-2-3-5-7(6)19(11,15)16/h2-5,9H,10H2,1H3,(H2,11,15,16). The number of sulfone groups is 1. The fourth-order valence-electron chi connectivity index (χ4n) is 1.14. The number of sulfonamides is 1. The molecule has 0 saturated carbocycles. The lowest BCUT2D eigenvalue weighted by Gasteiger charge is -2.12. The molecular formula is C9H12N2O6S2. The highest BCUT2D eigenvalue weighted by Gasteiger charge is 2.25. The second-order valence-corrected chi connectivity index (χ2v) is 7.30. The van der Waals surface area contributed by atoms with Crippen molar-refractivity contribution in [1.29, 1.82) is 0 Å². The van der Waals surface area contributed by atoms with Gasteiger partial charge in [0, 0.05) is 6.26 Å². The molecule has 0 aliphatic carbocycles. The zero-order valence-corrected chi connectivity index (χ0v) is 11.4. The third-order valence-electron chi connectivity index (χ3n) is 2.06. The Kier molecular flexibility index (Phi) is 4.30. The van der Waals surface area contributed by atoms with Crippen LogP contribution in [0.25, 0.3) is 0 Å². The lowest BCUT2D eigenvalue weighted by Crippen LogP contribution is -2.35. The summed E-state index contributed by atoms with van der Waals surface area (Å²) in [6.45, 7) is 0. The molecule has 1 aromatic rings. The van der Waals surface area contributed by atoms with Crippen molar-refractivity contribution in [2.45, 2.75) is 10.5 Å². The Labute approximate surface area is 110 Å². The molecule has 106 valence electrons. The SMILES string of the molecule is CS(=O)(=O)C(N)OC(=O)c1ccccc1S(N)(=O)=O. The molecular weight excluding hydrogens is 296 g/mol. The highest BCUT2D eigenvalue weighted by Crippen LogP contribution is 2.15. The van der Waals surface area contributed by atoms with Crippen LogP contribution in [0.15, 0.2) is 29.2 Å². The minimum absolute atomic E-state index is 0.385. The fraction of sp³-hybridized carbons (Fsp3) is 0.222. The first-order valence-electron chi connectivity index (χ1n) is 4.81. The molecule has 1 aromatic carbocycles. The topological polar surface area (TPSA) is 147 Å². The van der Waals surface area contributed by atoms with Gasteiger partial charge in [-0.1, -0.05) is 12.1 Å². The molecule has 0 heterocycles. The van der Waals surface area contributed by atoms with E-state index >= 15 is 0 Å². The van der Waals surface area contributed by atoms with Crippen molar-refractivity contribution in [1.82, 2.24) is 0 Å². The maximum absolute atomic E-state index is 11.7. The van der Waals surface area contributed by atoms with Gasteiger partial charge >= 0.3 is 5.97 Å². The van der Waals surface area contributed by atoms with E-state index in [9.17, 15) is 21.6 Å². The predicted molar refractivity (Wildman–Crippen MR) is 66.0 cm³/mol. The molecule has 0 amide bonds. The number of esters is 1.